The van der Waals surface area contributed by atoms with Crippen molar-refractivity contribution in [3.8, 4) is 28.4 Å². The number of aryl methyl sites for hydroxylation is 2. The molecule has 17 heavy (non-hydrogen) atoms. The smallest absolute Gasteiger partial charge is 0.127 e. The summed E-state index contributed by atoms with van der Waals surface area (Å²) < 4.78 is 0. The molecule has 0 amide bonds. The molecule has 0 aliphatic heterocycles. The SMILES string of the molecule is Cc1ccc(-c2c(O)cc(C)cc2O)c(O)c1. The molecule has 2 aromatic rings. The van der Waals surface area contributed by atoms with Gasteiger partial charge in [-0.2, -0.15) is 0 Å². The first-order chi connectivity index (χ1) is 7.99. The van der Waals surface area contributed by atoms with Crippen LogP contribution in [0, 0.1) is 13.8 Å². The first-order valence-corrected chi connectivity index (χ1v) is 5.31. The first kappa shape index (κ1) is 11.3. The van der Waals surface area contributed by atoms with E-state index in [-0.39, 0.29) is 22.8 Å². The Kier molecular flexibility index (Phi) is 2.68. The molecule has 2 rings (SSSR count). The zero-order valence-corrected chi connectivity index (χ0v) is 9.73. The third-order valence-electron chi connectivity index (χ3n) is 2.66. The maximum Gasteiger partial charge on any atom is 0.127 e. The molecule has 0 saturated carbocycles. The van der Waals surface area contributed by atoms with Crippen molar-refractivity contribution < 1.29 is 15.3 Å². The predicted octanol–water partition coefficient (Wildman–Crippen LogP) is 3.09. The normalized spacial score (nSPS) is 10.5. The van der Waals surface area contributed by atoms with E-state index in [4.69, 9.17) is 0 Å². The van der Waals surface area contributed by atoms with Gasteiger partial charge in [0.2, 0.25) is 0 Å². The maximum absolute atomic E-state index is 9.85. The Balaban J connectivity index is 2.68. The maximum atomic E-state index is 9.85. The molecular formula is C14H14O3. The molecule has 2 aromatic carbocycles. The van der Waals surface area contributed by atoms with Crippen LogP contribution in [-0.4, -0.2) is 15.3 Å². The highest BCUT2D eigenvalue weighted by atomic mass is 16.3. The average molecular weight is 230 g/mol. The Labute approximate surface area is 99.6 Å². The molecule has 0 bridgehead atoms. The van der Waals surface area contributed by atoms with Gasteiger partial charge in [0, 0.05) is 5.56 Å². The Hall–Kier alpha value is -2.16. The second-order valence-electron chi connectivity index (χ2n) is 4.20. The van der Waals surface area contributed by atoms with Gasteiger partial charge >= 0.3 is 0 Å². The second kappa shape index (κ2) is 4.01. The van der Waals surface area contributed by atoms with Gasteiger partial charge in [-0.1, -0.05) is 12.1 Å². The monoisotopic (exact) mass is 230 g/mol. The number of aromatic hydroxyl groups is 3. The van der Waals surface area contributed by atoms with Crippen LogP contribution in [0.25, 0.3) is 11.1 Å². The second-order valence-corrected chi connectivity index (χ2v) is 4.20. The molecule has 0 atom stereocenters. The van der Waals surface area contributed by atoms with Crippen LogP contribution in [0.15, 0.2) is 30.3 Å². The number of phenolic OH excluding ortho intramolecular Hbond substituents is 3. The van der Waals surface area contributed by atoms with Crippen molar-refractivity contribution >= 4 is 0 Å². The Morgan fingerprint density at radius 1 is 0.706 bits per heavy atom. The summed E-state index contributed by atoms with van der Waals surface area (Å²) in [6.45, 7) is 3.64. The Morgan fingerprint density at radius 3 is 1.76 bits per heavy atom. The lowest BCUT2D eigenvalue weighted by Gasteiger charge is -2.10. The summed E-state index contributed by atoms with van der Waals surface area (Å²) in [4.78, 5) is 0. The van der Waals surface area contributed by atoms with E-state index in [2.05, 4.69) is 0 Å². The minimum absolute atomic E-state index is 0.0401. The number of rotatable bonds is 1. The summed E-state index contributed by atoms with van der Waals surface area (Å²) in [6.07, 6.45) is 0. The van der Waals surface area contributed by atoms with Crippen molar-refractivity contribution in [2.75, 3.05) is 0 Å². The van der Waals surface area contributed by atoms with E-state index in [0.29, 0.717) is 5.56 Å². The zero-order valence-electron chi connectivity index (χ0n) is 9.73. The lowest BCUT2D eigenvalue weighted by atomic mass is 9.99. The van der Waals surface area contributed by atoms with Crippen LogP contribution in [0.2, 0.25) is 0 Å². The summed E-state index contributed by atoms with van der Waals surface area (Å²) in [5.41, 5.74) is 2.35. The molecule has 3 heteroatoms. The fourth-order valence-corrected chi connectivity index (χ4v) is 1.88. The predicted molar refractivity (Wildman–Crippen MR) is 66.3 cm³/mol. The van der Waals surface area contributed by atoms with E-state index in [1.807, 2.05) is 13.0 Å². The van der Waals surface area contributed by atoms with Crippen molar-refractivity contribution in [3.05, 3.63) is 41.5 Å². The fraction of sp³-hybridized carbons (Fsp3) is 0.143. The lowest BCUT2D eigenvalue weighted by molar-refractivity contribution is 0.449. The van der Waals surface area contributed by atoms with Crippen molar-refractivity contribution in [1.29, 1.82) is 0 Å². The highest BCUT2D eigenvalue weighted by Crippen LogP contribution is 2.42. The molecular weight excluding hydrogens is 216 g/mol. The molecule has 3 nitrogen and oxygen atoms in total. The zero-order chi connectivity index (χ0) is 12.6. The summed E-state index contributed by atoms with van der Waals surface area (Å²) in [6, 6.07) is 8.18. The van der Waals surface area contributed by atoms with Gasteiger partial charge in [0.1, 0.15) is 17.2 Å². The van der Waals surface area contributed by atoms with Crippen molar-refractivity contribution in [1.82, 2.24) is 0 Å². The summed E-state index contributed by atoms with van der Waals surface area (Å²) >= 11 is 0. The molecule has 3 N–H and O–H groups in total. The van der Waals surface area contributed by atoms with Crippen LogP contribution in [0.3, 0.4) is 0 Å². The van der Waals surface area contributed by atoms with E-state index in [0.717, 1.165) is 11.1 Å². The molecule has 0 saturated heterocycles. The topological polar surface area (TPSA) is 60.7 Å². The van der Waals surface area contributed by atoms with E-state index < -0.39 is 0 Å². The highest BCUT2D eigenvalue weighted by Gasteiger charge is 2.14. The van der Waals surface area contributed by atoms with Gasteiger partial charge in [0.05, 0.1) is 5.56 Å². The number of benzene rings is 2. The van der Waals surface area contributed by atoms with Gasteiger partial charge in [-0.15, -0.1) is 0 Å². The molecule has 0 aliphatic rings. The van der Waals surface area contributed by atoms with Gasteiger partial charge in [0.25, 0.3) is 0 Å². The first-order valence-electron chi connectivity index (χ1n) is 5.31. The van der Waals surface area contributed by atoms with E-state index in [1.54, 1.807) is 31.2 Å². The van der Waals surface area contributed by atoms with Crippen LogP contribution in [0.4, 0.5) is 0 Å². The van der Waals surface area contributed by atoms with Gasteiger partial charge in [-0.25, -0.2) is 0 Å². The molecule has 0 radical (unpaired) electrons. The van der Waals surface area contributed by atoms with Crippen LogP contribution in [0.5, 0.6) is 17.2 Å². The Bertz CT molecular complexity index is 551. The van der Waals surface area contributed by atoms with Gasteiger partial charge in [-0.3, -0.25) is 0 Å². The fourth-order valence-electron chi connectivity index (χ4n) is 1.88. The standard InChI is InChI=1S/C14H14O3/c1-8-3-4-10(11(15)5-8)14-12(16)6-9(2)7-13(14)17/h3-7,15-17H,1-2H3. The van der Waals surface area contributed by atoms with Gasteiger partial charge < -0.3 is 15.3 Å². The Morgan fingerprint density at radius 2 is 1.24 bits per heavy atom. The van der Waals surface area contributed by atoms with Crippen LogP contribution < -0.4 is 0 Å². The number of hydrogen-bond acceptors (Lipinski definition) is 3. The average Bonchev–Trinajstić information content (AvgIpc) is 2.19. The van der Waals surface area contributed by atoms with E-state index in [9.17, 15) is 15.3 Å². The van der Waals surface area contributed by atoms with Gasteiger partial charge in [-0.05, 0) is 43.2 Å². The van der Waals surface area contributed by atoms with Gasteiger partial charge in [0.15, 0.2) is 0 Å². The van der Waals surface area contributed by atoms with E-state index in [1.165, 1.54) is 0 Å². The highest BCUT2D eigenvalue weighted by molar-refractivity contribution is 5.80. The van der Waals surface area contributed by atoms with Crippen molar-refractivity contribution in [2.24, 2.45) is 0 Å². The summed E-state index contributed by atoms with van der Waals surface area (Å²) in [5, 5.41) is 29.5. The molecule has 0 unspecified atom stereocenters. The van der Waals surface area contributed by atoms with Crippen molar-refractivity contribution in [2.45, 2.75) is 13.8 Å². The minimum Gasteiger partial charge on any atom is -0.507 e. The molecule has 88 valence electrons. The molecule has 0 spiro atoms. The lowest BCUT2D eigenvalue weighted by Crippen LogP contribution is -1.84. The van der Waals surface area contributed by atoms with Crippen LogP contribution >= 0.6 is 0 Å². The molecule has 0 heterocycles. The third-order valence-corrected chi connectivity index (χ3v) is 2.66. The molecule has 0 fully saturated rings. The quantitative estimate of drug-likeness (QED) is 0.705. The largest absolute Gasteiger partial charge is 0.507 e. The summed E-state index contributed by atoms with van der Waals surface area (Å²) in [7, 11) is 0. The third kappa shape index (κ3) is 2.04. The molecule has 0 aromatic heterocycles. The summed E-state index contributed by atoms with van der Waals surface area (Å²) in [5.74, 6) is -0.0391. The minimum atomic E-state index is -0.0401. The molecule has 0 aliphatic carbocycles. The van der Waals surface area contributed by atoms with Crippen LogP contribution in [-0.2, 0) is 0 Å². The van der Waals surface area contributed by atoms with E-state index >= 15 is 0 Å². The number of phenols is 3. The van der Waals surface area contributed by atoms with Crippen molar-refractivity contribution in [3.63, 3.8) is 0 Å². The number of hydrogen-bond donors (Lipinski definition) is 3. The van der Waals surface area contributed by atoms with Crippen LogP contribution in [0.1, 0.15) is 11.1 Å².